The average molecular weight is 691 g/mol. The van der Waals surface area contributed by atoms with E-state index in [9.17, 15) is 0 Å². The Morgan fingerprint density at radius 2 is 1.08 bits per heavy atom. The van der Waals surface area contributed by atoms with Crippen molar-refractivity contribution in [2.45, 2.75) is 0 Å². The molecule has 0 saturated heterocycles. The van der Waals surface area contributed by atoms with Crippen molar-refractivity contribution >= 4 is 96.8 Å². The van der Waals surface area contributed by atoms with Crippen molar-refractivity contribution in [2.24, 2.45) is 0 Å². The van der Waals surface area contributed by atoms with Crippen molar-refractivity contribution in [2.75, 3.05) is 0 Å². The van der Waals surface area contributed by atoms with E-state index in [-0.39, 0.29) is 0 Å². The molecular formula is C48H26N4S. The second kappa shape index (κ2) is 9.94. The van der Waals surface area contributed by atoms with Gasteiger partial charge in [0.2, 0.25) is 5.95 Å². The predicted molar refractivity (Wildman–Crippen MR) is 223 cm³/mol. The van der Waals surface area contributed by atoms with Gasteiger partial charge in [0.15, 0.2) is 0 Å². The summed E-state index contributed by atoms with van der Waals surface area (Å²) in [5.74, 6) is 0.677. The highest BCUT2D eigenvalue weighted by atomic mass is 32.1. The van der Waals surface area contributed by atoms with Gasteiger partial charge in [-0.1, -0.05) is 97.1 Å². The molecule has 0 atom stereocenters. The van der Waals surface area contributed by atoms with E-state index in [0.29, 0.717) is 5.95 Å². The molecule has 1 aliphatic rings. The summed E-state index contributed by atoms with van der Waals surface area (Å²) in [6.45, 7) is 0. The number of thiophene rings is 1. The highest BCUT2D eigenvalue weighted by molar-refractivity contribution is 7.25. The molecule has 53 heavy (non-hydrogen) atoms. The SMILES string of the molecule is c1ccc(-n2c3ccc4cccc5c4c3c3c4c6c-5cccc6n(-c5nc(-c6ccc7sc8ccccc8c7c6)c6ccccc6n5)c4ccc32)cc1. The van der Waals surface area contributed by atoms with Crippen LogP contribution in [-0.2, 0) is 0 Å². The molecule has 0 N–H and O–H groups in total. The van der Waals surface area contributed by atoms with Crippen LogP contribution in [0.25, 0.3) is 119 Å². The average Bonchev–Trinajstić information content (AvgIpc) is 3.85. The molecular weight excluding hydrogens is 665 g/mol. The fourth-order valence-corrected chi connectivity index (χ4v) is 10.4. The van der Waals surface area contributed by atoms with E-state index < -0.39 is 0 Å². The minimum absolute atomic E-state index is 0.677. The quantitative estimate of drug-likeness (QED) is 0.185. The zero-order chi connectivity index (χ0) is 34.4. The molecule has 12 aromatic rings. The molecule has 0 saturated carbocycles. The second-order valence-electron chi connectivity index (χ2n) is 14.1. The summed E-state index contributed by atoms with van der Waals surface area (Å²) >= 11 is 1.84. The molecule has 1 aliphatic carbocycles. The van der Waals surface area contributed by atoms with Gasteiger partial charge in [-0.2, -0.15) is 0 Å². The molecule has 0 aliphatic heterocycles. The monoisotopic (exact) mass is 690 g/mol. The van der Waals surface area contributed by atoms with E-state index in [4.69, 9.17) is 9.97 Å². The molecule has 13 rings (SSSR count). The third-order valence-corrected chi connectivity index (χ3v) is 12.6. The maximum absolute atomic E-state index is 5.51. The van der Waals surface area contributed by atoms with Gasteiger partial charge >= 0.3 is 0 Å². The lowest BCUT2D eigenvalue weighted by Crippen LogP contribution is -2.03. The Morgan fingerprint density at radius 1 is 0.415 bits per heavy atom. The number of hydrogen-bond donors (Lipinski definition) is 0. The van der Waals surface area contributed by atoms with Crippen molar-refractivity contribution in [3.63, 3.8) is 0 Å². The molecule has 4 nitrogen and oxygen atoms in total. The molecule has 0 spiro atoms. The van der Waals surface area contributed by atoms with Gasteiger partial charge in [0.25, 0.3) is 0 Å². The normalized spacial score (nSPS) is 12.5. The van der Waals surface area contributed by atoms with Gasteiger partial charge in [-0.05, 0) is 82.6 Å². The number of nitrogens with zero attached hydrogens (tertiary/aromatic N) is 4. The lowest BCUT2D eigenvalue weighted by molar-refractivity contribution is 1.01. The summed E-state index contributed by atoms with van der Waals surface area (Å²) in [5, 5.41) is 11.2. The molecule has 0 radical (unpaired) electrons. The van der Waals surface area contributed by atoms with Crippen molar-refractivity contribution in [3.8, 4) is 34.0 Å². The second-order valence-corrected chi connectivity index (χ2v) is 15.2. The van der Waals surface area contributed by atoms with Gasteiger partial charge in [-0.3, -0.25) is 4.57 Å². The van der Waals surface area contributed by atoms with Crippen LogP contribution in [0.4, 0.5) is 0 Å². The molecule has 244 valence electrons. The van der Waals surface area contributed by atoms with Crippen LogP contribution in [0, 0.1) is 0 Å². The Hall–Kier alpha value is -6.82. The Labute approximate surface area is 306 Å². The summed E-state index contributed by atoms with van der Waals surface area (Å²) in [5.41, 5.74) is 11.3. The number of rotatable bonds is 3. The zero-order valence-electron chi connectivity index (χ0n) is 28.2. The van der Waals surface area contributed by atoms with Crippen LogP contribution in [-0.4, -0.2) is 19.1 Å². The Bertz CT molecular complexity index is 3570. The third-order valence-electron chi connectivity index (χ3n) is 11.4. The summed E-state index contributed by atoms with van der Waals surface area (Å²) < 4.78 is 7.33. The molecule has 0 fully saturated rings. The van der Waals surface area contributed by atoms with Crippen LogP contribution in [0.5, 0.6) is 0 Å². The fourth-order valence-electron chi connectivity index (χ4n) is 9.29. The van der Waals surface area contributed by atoms with Crippen molar-refractivity contribution < 1.29 is 0 Å². The van der Waals surface area contributed by atoms with Crippen molar-refractivity contribution in [1.29, 1.82) is 0 Å². The van der Waals surface area contributed by atoms with Gasteiger partial charge in [0.05, 0.1) is 33.3 Å². The molecule has 0 bridgehead atoms. The van der Waals surface area contributed by atoms with E-state index in [1.807, 2.05) is 11.3 Å². The van der Waals surface area contributed by atoms with Crippen molar-refractivity contribution in [3.05, 3.63) is 158 Å². The lowest BCUT2D eigenvalue weighted by atomic mass is 9.95. The van der Waals surface area contributed by atoms with Gasteiger partial charge < -0.3 is 4.57 Å². The zero-order valence-corrected chi connectivity index (χ0v) is 29.0. The van der Waals surface area contributed by atoms with E-state index in [1.165, 1.54) is 74.6 Å². The van der Waals surface area contributed by atoms with E-state index in [0.717, 1.165) is 38.9 Å². The van der Waals surface area contributed by atoms with Gasteiger partial charge in [-0.25, -0.2) is 9.97 Å². The first kappa shape index (κ1) is 27.8. The number of hydrogen-bond acceptors (Lipinski definition) is 3. The van der Waals surface area contributed by atoms with E-state index in [1.54, 1.807) is 0 Å². The summed E-state index contributed by atoms with van der Waals surface area (Å²) in [4.78, 5) is 10.8. The molecule has 0 unspecified atom stereocenters. The highest BCUT2D eigenvalue weighted by Gasteiger charge is 2.28. The molecule has 0 amide bonds. The van der Waals surface area contributed by atoms with E-state index >= 15 is 0 Å². The van der Waals surface area contributed by atoms with Crippen molar-refractivity contribution in [1.82, 2.24) is 19.1 Å². The first-order valence-electron chi connectivity index (χ1n) is 18.0. The van der Waals surface area contributed by atoms with Gasteiger partial charge in [-0.15, -0.1) is 11.3 Å². The largest absolute Gasteiger partial charge is 0.309 e. The molecule has 4 heterocycles. The van der Waals surface area contributed by atoms with Crippen LogP contribution in [0.3, 0.4) is 0 Å². The van der Waals surface area contributed by atoms with Gasteiger partial charge in [0, 0.05) is 58.4 Å². The maximum Gasteiger partial charge on any atom is 0.235 e. The Balaban J connectivity index is 1.18. The molecule has 5 heteroatoms. The summed E-state index contributed by atoms with van der Waals surface area (Å²) in [6.07, 6.45) is 0. The summed E-state index contributed by atoms with van der Waals surface area (Å²) in [7, 11) is 0. The standard InChI is InChI=1S/C48H26N4S/c1-2-11-29(12-3-1)51-37-22-20-27-10-8-15-31-32-16-9-18-36-43(32)45-39(24-23-38(51)46(45)44(37)42(27)31)52(36)48-49-35-17-6-4-14-33(35)47(50-48)28-21-25-41-34(26-28)30-13-5-7-19-40(30)53-41/h1-26H. The maximum atomic E-state index is 5.51. The van der Waals surface area contributed by atoms with Gasteiger partial charge in [0.1, 0.15) is 0 Å². The first-order valence-corrected chi connectivity index (χ1v) is 18.8. The minimum Gasteiger partial charge on any atom is -0.309 e. The van der Waals surface area contributed by atoms with Crippen LogP contribution in [0.2, 0.25) is 0 Å². The number of benzene rings is 8. The highest BCUT2D eigenvalue weighted by Crippen LogP contribution is 2.51. The van der Waals surface area contributed by atoms with Crippen LogP contribution < -0.4 is 0 Å². The molecule has 4 aromatic heterocycles. The first-order chi connectivity index (χ1) is 26.3. The van der Waals surface area contributed by atoms with Crippen LogP contribution in [0.15, 0.2) is 158 Å². The number of aromatic nitrogens is 4. The smallest absolute Gasteiger partial charge is 0.235 e. The predicted octanol–water partition coefficient (Wildman–Crippen LogP) is 13.0. The van der Waals surface area contributed by atoms with Crippen LogP contribution in [0.1, 0.15) is 0 Å². The Morgan fingerprint density at radius 3 is 1.96 bits per heavy atom. The summed E-state index contributed by atoms with van der Waals surface area (Å²) in [6, 6.07) is 57.3. The van der Waals surface area contributed by atoms with Crippen LogP contribution >= 0.6 is 11.3 Å². The Kier molecular flexibility index (Phi) is 5.22. The topological polar surface area (TPSA) is 35.6 Å². The lowest BCUT2D eigenvalue weighted by Gasteiger charge is -2.13. The van der Waals surface area contributed by atoms with E-state index in [2.05, 4.69) is 167 Å². The molecule has 8 aromatic carbocycles. The number of fused-ring (bicyclic) bond motifs is 5. The number of para-hydroxylation sites is 2. The minimum atomic E-state index is 0.677. The fraction of sp³-hybridized carbons (Fsp3) is 0. The third kappa shape index (κ3) is 3.54.